The van der Waals surface area contributed by atoms with Crippen molar-refractivity contribution in [3.63, 3.8) is 0 Å². The van der Waals surface area contributed by atoms with Crippen molar-refractivity contribution in [1.82, 2.24) is 5.32 Å². The molecule has 1 atom stereocenters. The van der Waals surface area contributed by atoms with Crippen LogP contribution < -0.4 is 5.32 Å². The minimum absolute atomic E-state index is 0.0509. The lowest BCUT2D eigenvalue weighted by molar-refractivity contribution is -0.118. The first kappa shape index (κ1) is 12.8. The van der Waals surface area contributed by atoms with Crippen LogP contribution in [0.1, 0.15) is 17.7 Å². The molecule has 1 aromatic rings. The Kier molecular flexibility index (Phi) is 4.76. The van der Waals surface area contributed by atoms with E-state index in [0.717, 1.165) is 28.8 Å². The van der Waals surface area contributed by atoms with Gasteiger partial charge in [-0.15, -0.1) is 11.3 Å². The lowest BCUT2D eigenvalue weighted by Gasteiger charge is -2.22. The van der Waals surface area contributed by atoms with Gasteiger partial charge in [-0.25, -0.2) is 0 Å². The van der Waals surface area contributed by atoms with E-state index in [4.69, 9.17) is 4.74 Å². The standard InChI is InChI=1S/C12H14BrNO2S/c13-9-6-11(17-8-9)3-4-12(15)14-10-2-1-5-16-7-10/h3-4,6,8,10H,1-2,5,7H2,(H,14,15)/b4-3+. The number of nitrogens with one attached hydrogen (secondary N) is 1. The molecular weight excluding hydrogens is 302 g/mol. The van der Waals surface area contributed by atoms with Gasteiger partial charge in [-0.3, -0.25) is 4.79 Å². The normalized spacial score (nSPS) is 20.6. The Labute approximate surface area is 113 Å². The summed E-state index contributed by atoms with van der Waals surface area (Å²) in [5.41, 5.74) is 0. The predicted octanol–water partition coefficient (Wildman–Crippen LogP) is 2.82. The maximum Gasteiger partial charge on any atom is 0.244 e. The molecule has 1 N–H and O–H groups in total. The van der Waals surface area contributed by atoms with Crippen LogP contribution in [0.2, 0.25) is 0 Å². The Hall–Kier alpha value is -0.650. The van der Waals surface area contributed by atoms with Crippen molar-refractivity contribution in [2.75, 3.05) is 13.2 Å². The number of ether oxygens (including phenoxy) is 1. The van der Waals surface area contributed by atoms with Gasteiger partial charge in [-0.05, 0) is 40.9 Å². The maximum atomic E-state index is 11.6. The quantitative estimate of drug-likeness (QED) is 0.871. The zero-order valence-electron chi connectivity index (χ0n) is 9.32. The molecule has 1 fully saturated rings. The van der Waals surface area contributed by atoms with Crippen molar-refractivity contribution >= 4 is 39.2 Å². The maximum absolute atomic E-state index is 11.6. The van der Waals surface area contributed by atoms with Gasteiger partial charge < -0.3 is 10.1 Å². The minimum Gasteiger partial charge on any atom is -0.379 e. The van der Waals surface area contributed by atoms with Gasteiger partial charge in [0.1, 0.15) is 0 Å². The Morgan fingerprint density at radius 2 is 2.53 bits per heavy atom. The summed E-state index contributed by atoms with van der Waals surface area (Å²) in [4.78, 5) is 12.7. The highest BCUT2D eigenvalue weighted by Gasteiger charge is 2.14. The van der Waals surface area contributed by atoms with Crippen molar-refractivity contribution in [2.24, 2.45) is 0 Å². The number of hydrogen-bond acceptors (Lipinski definition) is 3. The fourth-order valence-corrected chi connectivity index (χ4v) is 3.01. The van der Waals surface area contributed by atoms with E-state index in [1.165, 1.54) is 0 Å². The molecule has 1 unspecified atom stereocenters. The van der Waals surface area contributed by atoms with E-state index in [9.17, 15) is 4.79 Å². The summed E-state index contributed by atoms with van der Waals surface area (Å²) < 4.78 is 6.35. The first-order valence-corrected chi connectivity index (χ1v) is 7.21. The molecule has 5 heteroatoms. The van der Waals surface area contributed by atoms with Crippen LogP contribution in [-0.2, 0) is 9.53 Å². The van der Waals surface area contributed by atoms with Gasteiger partial charge in [0.05, 0.1) is 12.6 Å². The highest BCUT2D eigenvalue weighted by atomic mass is 79.9. The summed E-state index contributed by atoms with van der Waals surface area (Å²) in [6.45, 7) is 1.44. The third-order valence-corrected chi connectivity index (χ3v) is 4.15. The second-order valence-electron chi connectivity index (χ2n) is 3.92. The number of hydrogen-bond donors (Lipinski definition) is 1. The molecule has 1 aliphatic rings. The Bertz CT molecular complexity index is 410. The summed E-state index contributed by atoms with van der Waals surface area (Å²) >= 11 is 4.98. The fourth-order valence-electron chi connectivity index (χ4n) is 1.68. The van der Waals surface area contributed by atoms with Gasteiger partial charge in [0.2, 0.25) is 5.91 Å². The van der Waals surface area contributed by atoms with Crippen molar-refractivity contribution in [3.05, 3.63) is 26.9 Å². The van der Waals surface area contributed by atoms with Crippen LogP contribution in [0.4, 0.5) is 0 Å². The first-order chi connectivity index (χ1) is 8.24. The van der Waals surface area contributed by atoms with E-state index in [2.05, 4.69) is 21.2 Å². The number of carbonyl (C=O) groups is 1. The van der Waals surface area contributed by atoms with Gasteiger partial charge in [-0.2, -0.15) is 0 Å². The number of halogens is 1. The average molecular weight is 316 g/mol. The number of amides is 1. The smallest absolute Gasteiger partial charge is 0.244 e. The van der Waals surface area contributed by atoms with Crippen molar-refractivity contribution < 1.29 is 9.53 Å². The molecule has 1 aliphatic heterocycles. The number of thiophene rings is 1. The molecule has 0 aromatic carbocycles. The highest BCUT2D eigenvalue weighted by molar-refractivity contribution is 9.10. The van der Waals surface area contributed by atoms with E-state index in [1.54, 1.807) is 17.4 Å². The van der Waals surface area contributed by atoms with Crippen LogP contribution in [0, 0.1) is 0 Å². The van der Waals surface area contributed by atoms with E-state index < -0.39 is 0 Å². The molecule has 2 heterocycles. The molecule has 0 bridgehead atoms. The van der Waals surface area contributed by atoms with Crippen LogP contribution in [0.25, 0.3) is 6.08 Å². The van der Waals surface area contributed by atoms with Crippen molar-refractivity contribution in [2.45, 2.75) is 18.9 Å². The summed E-state index contributed by atoms with van der Waals surface area (Å²) in [7, 11) is 0. The molecule has 0 spiro atoms. The Morgan fingerprint density at radius 1 is 1.65 bits per heavy atom. The third-order valence-electron chi connectivity index (χ3n) is 2.49. The van der Waals surface area contributed by atoms with E-state index >= 15 is 0 Å². The zero-order chi connectivity index (χ0) is 12.1. The molecule has 3 nitrogen and oxygen atoms in total. The topological polar surface area (TPSA) is 38.3 Å². The predicted molar refractivity (Wildman–Crippen MR) is 73.0 cm³/mol. The summed E-state index contributed by atoms with van der Waals surface area (Å²) in [5, 5.41) is 4.93. The highest BCUT2D eigenvalue weighted by Crippen LogP contribution is 2.20. The van der Waals surface area contributed by atoms with Crippen LogP contribution in [0.3, 0.4) is 0 Å². The second-order valence-corrected chi connectivity index (χ2v) is 5.78. The van der Waals surface area contributed by atoms with Gasteiger partial charge >= 0.3 is 0 Å². The molecular formula is C12H14BrNO2S. The second kappa shape index (κ2) is 6.33. The van der Waals surface area contributed by atoms with E-state index in [-0.39, 0.29) is 11.9 Å². The first-order valence-electron chi connectivity index (χ1n) is 5.54. The third kappa shape index (κ3) is 4.26. The SMILES string of the molecule is O=C(/C=C/c1cc(Br)cs1)NC1CCCOC1. The molecule has 0 radical (unpaired) electrons. The van der Waals surface area contributed by atoms with Crippen LogP contribution in [-0.4, -0.2) is 25.2 Å². The molecule has 17 heavy (non-hydrogen) atoms. The van der Waals surface area contributed by atoms with E-state index in [1.807, 2.05) is 17.5 Å². The minimum atomic E-state index is -0.0509. The number of rotatable bonds is 3. The van der Waals surface area contributed by atoms with E-state index in [0.29, 0.717) is 6.61 Å². The van der Waals surface area contributed by atoms with Crippen molar-refractivity contribution in [3.8, 4) is 0 Å². The molecule has 1 amide bonds. The Balaban J connectivity index is 1.82. The van der Waals surface area contributed by atoms with Gasteiger partial charge in [0.15, 0.2) is 0 Å². The fraction of sp³-hybridized carbons (Fsp3) is 0.417. The lowest BCUT2D eigenvalue weighted by atomic mass is 10.1. The van der Waals surface area contributed by atoms with Crippen LogP contribution >= 0.6 is 27.3 Å². The summed E-state index contributed by atoms with van der Waals surface area (Å²) in [6, 6.07) is 2.15. The van der Waals surface area contributed by atoms with Crippen LogP contribution in [0.15, 0.2) is 22.0 Å². The van der Waals surface area contributed by atoms with Gasteiger partial charge in [0, 0.05) is 27.4 Å². The number of carbonyl (C=O) groups excluding carboxylic acids is 1. The molecule has 1 aromatic heterocycles. The zero-order valence-corrected chi connectivity index (χ0v) is 11.7. The van der Waals surface area contributed by atoms with Gasteiger partial charge in [0.25, 0.3) is 0 Å². The molecule has 0 aliphatic carbocycles. The molecule has 0 saturated carbocycles. The van der Waals surface area contributed by atoms with Crippen LogP contribution in [0.5, 0.6) is 0 Å². The van der Waals surface area contributed by atoms with Crippen molar-refractivity contribution in [1.29, 1.82) is 0 Å². The largest absolute Gasteiger partial charge is 0.379 e. The molecule has 92 valence electrons. The Morgan fingerprint density at radius 3 is 3.18 bits per heavy atom. The summed E-state index contributed by atoms with van der Waals surface area (Å²) in [6.07, 6.45) is 5.43. The lowest BCUT2D eigenvalue weighted by Crippen LogP contribution is -2.39. The van der Waals surface area contributed by atoms with Gasteiger partial charge in [-0.1, -0.05) is 0 Å². The molecule has 1 saturated heterocycles. The molecule has 2 rings (SSSR count). The average Bonchev–Trinajstić information content (AvgIpc) is 2.74. The summed E-state index contributed by atoms with van der Waals surface area (Å²) in [5.74, 6) is -0.0509. The monoisotopic (exact) mass is 315 g/mol.